The summed E-state index contributed by atoms with van der Waals surface area (Å²) in [5.74, 6) is -1.86. The number of carboxylic acid groups (broad SMARTS) is 1. The third kappa shape index (κ3) is 3.14. The van der Waals surface area contributed by atoms with Gasteiger partial charge in [0.2, 0.25) is 0 Å². The number of hydrogen-bond acceptors (Lipinski definition) is 3. The number of aliphatic carboxylic acids is 1. The van der Waals surface area contributed by atoms with Crippen molar-refractivity contribution in [1.82, 2.24) is 0 Å². The Hall–Kier alpha value is -1.68. The second-order valence-corrected chi connectivity index (χ2v) is 3.98. The first-order valence-electron chi connectivity index (χ1n) is 5.48. The fraction of sp³-hybridized carbons (Fsp3) is 0.385. The van der Waals surface area contributed by atoms with E-state index in [0.29, 0.717) is 17.5 Å². The molecular weight excluding hydrogens is 220 g/mol. The number of hydrogen-bond donors (Lipinski definition) is 2. The first kappa shape index (κ1) is 13.4. The van der Waals surface area contributed by atoms with Crippen LogP contribution in [0.1, 0.15) is 43.4 Å². The van der Waals surface area contributed by atoms with Gasteiger partial charge in [0.1, 0.15) is 6.10 Å². The summed E-state index contributed by atoms with van der Waals surface area (Å²) in [5.41, 5.74) is 1.05. The van der Waals surface area contributed by atoms with Crippen molar-refractivity contribution in [3.8, 4) is 0 Å². The molecule has 0 aliphatic rings. The van der Waals surface area contributed by atoms with Gasteiger partial charge >= 0.3 is 5.97 Å². The van der Waals surface area contributed by atoms with E-state index in [4.69, 9.17) is 5.11 Å². The van der Waals surface area contributed by atoms with Gasteiger partial charge in [0.15, 0.2) is 5.78 Å². The van der Waals surface area contributed by atoms with Crippen LogP contribution in [0.5, 0.6) is 0 Å². The predicted octanol–water partition coefficient (Wildman–Crippen LogP) is 1.89. The molecule has 4 nitrogen and oxygen atoms in total. The zero-order valence-corrected chi connectivity index (χ0v) is 9.88. The molecule has 0 aliphatic carbocycles. The van der Waals surface area contributed by atoms with Crippen LogP contribution in [0, 0.1) is 0 Å². The highest BCUT2D eigenvalue weighted by Crippen LogP contribution is 2.23. The minimum atomic E-state index is -1.18. The van der Waals surface area contributed by atoms with E-state index in [1.54, 1.807) is 31.2 Å². The smallest absolute Gasteiger partial charge is 0.310 e. The molecule has 0 radical (unpaired) electrons. The SMILES string of the molecule is CCC(C(=O)O)c1cccc(C(O)C(C)=O)c1. The van der Waals surface area contributed by atoms with Crippen molar-refractivity contribution in [1.29, 1.82) is 0 Å². The molecule has 2 unspecified atom stereocenters. The summed E-state index contributed by atoms with van der Waals surface area (Å²) in [4.78, 5) is 22.1. The molecule has 0 bridgehead atoms. The molecule has 0 saturated carbocycles. The zero-order chi connectivity index (χ0) is 13.0. The van der Waals surface area contributed by atoms with E-state index in [1.165, 1.54) is 6.92 Å². The minimum Gasteiger partial charge on any atom is -0.481 e. The molecule has 17 heavy (non-hydrogen) atoms. The molecule has 0 amide bonds. The average Bonchev–Trinajstić information content (AvgIpc) is 2.28. The molecule has 0 saturated heterocycles. The molecule has 0 aliphatic heterocycles. The summed E-state index contributed by atoms with van der Waals surface area (Å²) >= 11 is 0. The van der Waals surface area contributed by atoms with E-state index in [2.05, 4.69) is 0 Å². The number of rotatable bonds is 5. The normalized spacial score (nSPS) is 14.1. The number of aliphatic hydroxyl groups is 1. The fourth-order valence-corrected chi connectivity index (χ4v) is 1.73. The lowest BCUT2D eigenvalue weighted by Gasteiger charge is -2.13. The fourth-order valence-electron chi connectivity index (χ4n) is 1.73. The van der Waals surface area contributed by atoms with Gasteiger partial charge in [-0.2, -0.15) is 0 Å². The summed E-state index contributed by atoms with van der Waals surface area (Å²) in [7, 11) is 0. The molecule has 1 aromatic carbocycles. The van der Waals surface area contributed by atoms with Crippen molar-refractivity contribution < 1.29 is 19.8 Å². The largest absolute Gasteiger partial charge is 0.481 e. The van der Waals surface area contributed by atoms with Crippen LogP contribution in [-0.2, 0) is 9.59 Å². The lowest BCUT2D eigenvalue weighted by atomic mass is 9.93. The highest BCUT2D eigenvalue weighted by atomic mass is 16.4. The third-order valence-electron chi connectivity index (χ3n) is 2.72. The van der Waals surface area contributed by atoms with Gasteiger partial charge < -0.3 is 10.2 Å². The summed E-state index contributed by atoms with van der Waals surface area (Å²) < 4.78 is 0. The molecule has 0 spiro atoms. The third-order valence-corrected chi connectivity index (χ3v) is 2.72. The van der Waals surface area contributed by atoms with Gasteiger partial charge in [-0.3, -0.25) is 9.59 Å². The number of benzene rings is 1. The van der Waals surface area contributed by atoms with Crippen LogP contribution in [0.25, 0.3) is 0 Å². The molecular formula is C13H16O4. The quantitative estimate of drug-likeness (QED) is 0.818. The van der Waals surface area contributed by atoms with Crippen LogP contribution in [-0.4, -0.2) is 22.0 Å². The standard InChI is InChI=1S/C13H16O4/c1-3-11(13(16)17)9-5-4-6-10(7-9)12(15)8(2)14/h4-7,11-12,15H,3H2,1-2H3,(H,16,17). The molecule has 1 rings (SSSR count). The highest BCUT2D eigenvalue weighted by molar-refractivity contribution is 5.82. The van der Waals surface area contributed by atoms with Crippen LogP contribution in [0.15, 0.2) is 24.3 Å². The minimum absolute atomic E-state index is 0.356. The number of ketones is 1. The molecule has 2 atom stereocenters. The first-order valence-corrected chi connectivity index (χ1v) is 5.48. The van der Waals surface area contributed by atoms with Gasteiger partial charge in [-0.1, -0.05) is 31.2 Å². The number of carboxylic acids is 1. The predicted molar refractivity (Wildman–Crippen MR) is 62.8 cm³/mol. The molecule has 4 heteroatoms. The maximum absolute atomic E-state index is 11.1. The summed E-state index contributed by atoms with van der Waals surface area (Å²) in [6.45, 7) is 3.08. The lowest BCUT2D eigenvalue weighted by Crippen LogP contribution is -2.12. The average molecular weight is 236 g/mol. The molecule has 2 N–H and O–H groups in total. The number of aliphatic hydroxyl groups excluding tert-OH is 1. The van der Waals surface area contributed by atoms with E-state index in [9.17, 15) is 14.7 Å². The number of carbonyl (C=O) groups is 2. The highest BCUT2D eigenvalue weighted by Gasteiger charge is 2.19. The Morgan fingerprint density at radius 3 is 2.35 bits per heavy atom. The van der Waals surface area contributed by atoms with Gasteiger partial charge in [-0.15, -0.1) is 0 Å². The van der Waals surface area contributed by atoms with Crippen LogP contribution < -0.4 is 0 Å². The first-order chi connectivity index (χ1) is 7.97. The summed E-state index contributed by atoms with van der Waals surface area (Å²) in [5, 5.41) is 18.7. The molecule has 0 aromatic heterocycles. The van der Waals surface area contributed by atoms with Crippen molar-refractivity contribution in [3.63, 3.8) is 0 Å². The topological polar surface area (TPSA) is 74.6 Å². The monoisotopic (exact) mass is 236 g/mol. The Morgan fingerprint density at radius 2 is 1.88 bits per heavy atom. The summed E-state index contributed by atoms with van der Waals surface area (Å²) in [6, 6.07) is 6.54. The second kappa shape index (κ2) is 5.59. The van der Waals surface area contributed by atoms with Crippen molar-refractivity contribution in [2.24, 2.45) is 0 Å². The molecule has 0 heterocycles. The lowest BCUT2D eigenvalue weighted by molar-refractivity contribution is -0.138. The Balaban J connectivity index is 3.08. The van der Waals surface area contributed by atoms with E-state index < -0.39 is 18.0 Å². The Labute approximate surface area is 99.9 Å². The summed E-state index contributed by atoms with van der Waals surface area (Å²) in [6.07, 6.45) is -0.712. The van der Waals surface area contributed by atoms with Crippen molar-refractivity contribution >= 4 is 11.8 Å². The zero-order valence-electron chi connectivity index (χ0n) is 9.88. The Morgan fingerprint density at radius 1 is 1.29 bits per heavy atom. The van der Waals surface area contributed by atoms with Crippen LogP contribution in [0.3, 0.4) is 0 Å². The van der Waals surface area contributed by atoms with Crippen LogP contribution in [0.2, 0.25) is 0 Å². The van der Waals surface area contributed by atoms with E-state index in [1.807, 2.05) is 0 Å². The molecule has 0 fully saturated rings. The van der Waals surface area contributed by atoms with Gasteiger partial charge in [0.25, 0.3) is 0 Å². The second-order valence-electron chi connectivity index (χ2n) is 3.98. The number of carbonyl (C=O) groups excluding carboxylic acids is 1. The maximum Gasteiger partial charge on any atom is 0.310 e. The van der Waals surface area contributed by atoms with Crippen molar-refractivity contribution in [2.75, 3.05) is 0 Å². The Bertz CT molecular complexity index is 425. The van der Waals surface area contributed by atoms with Gasteiger partial charge in [-0.05, 0) is 24.5 Å². The van der Waals surface area contributed by atoms with Crippen molar-refractivity contribution in [2.45, 2.75) is 32.3 Å². The van der Waals surface area contributed by atoms with E-state index >= 15 is 0 Å². The van der Waals surface area contributed by atoms with E-state index in [0.717, 1.165) is 0 Å². The Kier molecular flexibility index (Phi) is 4.40. The van der Waals surface area contributed by atoms with Gasteiger partial charge in [0, 0.05) is 0 Å². The number of Topliss-reactive ketones (excluding diaryl/α,β-unsaturated/α-hetero) is 1. The van der Waals surface area contributed by atoms with Crippen molar-refractivity contribution in [3.05, 3.63) is 35.4 Å². The molecule has 92 valence electrons. The maximum atomic E-state index is 11.1. The van der Waals surface area contributed by atoms with E-state index in [-0.39, 0.29) is 5.78 Å². The van der Waals surface area contributed by atoms with Crippen LogP contribution in [0.4, 0.5) is 0 Å². The van der Waals surface area contributed by atoms with Gasteiger partial charge in [0.05, 0.1) is 5.92 Å². The van der Waals surface area contributed by atoms with Gasteiger partial charge in [-0.25, -0.2) is 0 Å². The molecule has 1 aromatic rings. The van der Waals surface area contributed by atoms with Crippen LogP contribution >= 0.6 is 0 Å².